The monoisotopic (exact) mass is 285 g/mol. The standard InChI is InChI=1S/C15H15N3O3/c1-10-4-5-12(7-13(10)14(19)20)18-15(21)17-9-11-3-2-6-16-8-11/h2-8H,9H2,1H3,(H,19,20)(H2,17,18,21). The first kappa shape index (κ1) is 14.5. The summed E-state index contributed by atoms with van der Waals surface area (Å²) in [7, 11) is 0. The Morgan fingerprint density at radius 2 is 2.10 bits per heavy atom. The first-order valence-corrected chi connectivity index (χ1v) is 6.34. The SMILES string of the molecule is Cc1ccc(NC(=O)NCc2cccnc2)cc1C(=O)O. The van der Waals surface area contributed by atoms with Crippen LogP contribution in [0.5, 0.6) is 0 Å². The van der Waals surface area contributed by atoms with Crippen molar-refractivity contribution < 1.29 is 14.7 Å². The summed E-state index contributed by atoms with van der Waals surface area (Å²) in [6.45, 7) is 2.05. The first-order chi connectivity index (χ1) is 10.1. The zero-order valence-electron chi connectivity index (χ0n) is 11.5. The van der Waals surface area contributed by atoms with Gasteiger partial charge in [-0.1, -0.05) is 12.1 Å². The quantitative estimate of drug-likeness (QED) is 0.804. The van der Waals surface area contributed by atoms with Gasteiger partial charge in [0.2, 0.25) is 0 Å². The summed E-state index contributed by atoms with van der Waals surface area (Å²) in [5.74, 6) is -1.02. The van der Waals surface area contributed by atoms with Crippen LogP contribution in [0, 0.1) is 6.92 Å². The summed E-state index contributed by atoms with van der Waals surface area (Å²) in [5, 5.41) is 14.3. The highest BCUT2D eigenvalue weighted by Gasteiger charge is 2.09. The zero-order chi connectivity index (χ0) is 15.2. The van der Waals surface area contributed by atoms with Gasteiger partial charge in [-0.2, -0.15) is 0 Å². The number of nitrogens with zero attached hydrogens (tertiary/aromatic N) is 1. The van der Waals surface area contributed by atoms with E-state index in [-0.39, 0.29) is 5.56 Å². The van der Waals surface area contributed by atoms with Gasteiger partial charge in [-0.05, 0) is 36.2 Å². The first-order valence-electron chi connectivity index (χ1n) is 6.34. The lowest BCUT2D eigenvalue weighted by Gasteiger charge is -2.09. The molecule has 0 saturated carbocycles. The summed E-state index contributed by atoms with van der Waals surface area (Å²) in [6, 6.07) is 7.97. The van der Waals surface area contributed by atoms with Gasteiger partial charge in [-0.25, -0.2) is 9.59 Å². The van der Waals surface area contributed by atoms with Gasteiger partial charge < -0.3 is 15.7 Å². The van der Waals surface area contributed by atoms with Crippen molar-refractivity contribution in [2.75, 3.05) is 5.32 Å². The average molecular weight is 285 g/mol. The van der Waals surface area contributed by atoms with Gasteiger partial charge in [0.1, 0.15) is 0 Å². The number of carbonyl (C=O) groups excluding carboxylic acids is 1. The van der Waals surface area contributed by atoms with Crippen molar-refractivity contribution in [3.8, 4) is 0 Å². The number of rotatable bonds is 4. The number of hydrogen-bond donors (Lipinski definition) is 3. The predicted molar refractivity (Wildman–Crippen MR) is 78.2 cm³/mol. The molecule has 2 rings (SSSR count). The number of anilines is 1. The maximum Gasteiger partial charge on any atom is 0.336 e. The molecule has 1 aromatic carbocycles. The van der Waals surface area contributed by atoms with Crippen LogP contribution in [0.1, 0.15) is 21.5 Å². The van der Waals surface area contributed by atoms with Crippen LogP contribution in [-0.4, -0.2) is 22.1 Å². The third-order valence-corrected chi connectivity index (χ3v) is 2.90. The van der Waals surface area contributed by atoms with E-state index in [0.717, 1.165) is 5.56 Å². The van der Waals surface area contributed by atoms with E-state index in [2.05, 4.69) is 15.6 Å². The second-order valence-corrected chi connectivity index (χ2v) is 4.50. The van der Waals surface area contributed by atoms with Crippen LogP contribution >= 0.6 is 0 Å². The zero-order valence-corrected chi connectivity index (χ0v) is 11.5. The molecule has 0 aliphatic rings. The Kier molecular flexibility index (Phi) is 4.50. The Morgan fingerprint density at radius 3 is 2.76 bits per heavy atom. The molecule has 0 aliphatic carbocycles. The maximum atomic E-state index is 11.8. The molecule has 0 radical (unpaired) electrons. The maximum absolute atomic E-state index is 11.8. The van der Waals surface area contributed by atoms with E-state index in [1.807, 2.05) is 6.07 Å². The molecule has 1 aromatic heterocycles. The fraction of sp³-hybridized carbons (Fsp3) is 0.133. The van der Waals surface area contributed by atoms with Crippen LogP contribution in [-0.2, 0) is 6.54 Å². The highest BCUT2D eigenvalue weighted by atomic mass is 16.4. The topological polar surface area (TPSA) is 91.3 Å². The molecule has 0 bridgehead atoms. The molecule has 3 N–H and O–H groups in total. The molecule has 2 aromatic rings. The minimum Gasteiger partial charge on any atom is -0.478 e. The van der Waals surface area contributed by atoms with Crippen molar-refractivity contribution in [3.63, 3.8) is 0 Å². The van der Waals surface area contributed by atoms with E-state index in [9.17, 15) is 9.59 Å². The molecule has 6 heteroatoms. The van der Waals surface area contributed by atoms with Crippen LogP contribution < -0.4 is 10.6 Å². The fourth-order valence-corrected chi connectivity index (χ4v) is 1.79. The number of urea groups is 1. The Labute approximate surface area is 121 Å². The molecule has 0 aliphatic heterocycles. The lowest BCUT2D eigenvalue weighted by molar-refractivity contribution is 0.0696. The molecule has 6 nitrogen and oxygen atoms in total. The van der Waals surface area contributed by atoms with Crippen molar-refractivity contribution >= 4 is 17.7 Å². The van der Waals surface area contributed by atoms with E-state index < -0.39 is 12.0 Å². The molecule has 0 spiro atoms. The average Bonchev–Trinajstić information content (AvgIpc) is 2.48. The van der Waals surface area contributed by atoms with E-state index in [1.54, 1.807) is 37.5 Å². The van der Waals surface area contributed by atoms with Gasteiger partial charge in [0.25, 0.3) is 0 Å². The fourth-order valence-electron chi connectivity index (χ4n) is 1.79. The van der Waals surface area contributed by atoms with Gasteiger partial charge in [-0.15, -0.1) is 0 Å². The van der Waals surface area contributed by atoms with E-state index in [0.29, 0.717) is 17.8 Å². The third-order valence-electron chi connectivity index (χ3n) is 2.90. The summed E-state index contributed by atoms with van der Waals surface area (Å²) < 4.78 is 0. The van der Waals surface area contributed by atoms with E-state index in [1.165, 1.54) is 6.07 Å². The number of carboxylic acids is 1. The molecule has 0 unspecified atom stereocenters. The second kappa shape index (κ2) is 6.51. The number of hydrogen-bond acceptors (Lipinski definition) is 3. The number of aromatic nitrogens is 1. The van der Waals surface area contributed by atoms with Crippen LogP contribution in [0.3, 0.4) is 0 Å². The van der Waals surface area contributed by atoms with Gasteiger partial charge in [0, 0.05) is 24.6 Å². The number of nitrogens with one attached hydrogen (secondary N) is 2. The van der Waals surface area contributed by atoms with E-state index in [4.69, 9.17) is 5.11 Å². The molecule has 108 valence electrons. The van der Waals surface area contributed by atoms with Crippen molar-refractivity contribution in [1.29, 1.82) is 0 Å². The Bertz CT molecular complexity index is 656. The Hall–Kier alpha value is -2.89. The van der Waals surface area contributed by atoms with Gasteiger partial charge in [-0.3, -0.25) is 4.98 Å². The molecular weight excluding hydrogens is 270 g/mol. The molecule has 2 amide bonds. The molecular formula is C15H15N3O3. The van der Waals surface area contributed by atoms with Crippen LogP contribution in [0.4, 0.5) is 10.5 Å². The largest absolute Gasteiger partial charge is 0.478 e. The minimum absolute atomic E-state index is 0.167. The molecule has 0 saturated heterocycles. The Balaban J connectivity index is 1.97. The molecule has 21 heavy (non-hydrogen) atoms. The molecule has 0 atom stereocenters. The summed E-state index contributed by atoms with van der Waals surface area (Å²) in [6.07, 6.45) is 3.32. The van der Waals surface area contributed by atoms with Gasteiger partial charge in [0.05, 0.1) is 5.56 Å². The van der Waals surface area contributed by atoms with Gasteiger partial charge in [0.15, 0.2) is 0 Å². The Morgan fingerprint density at radius 1 is 1.29 bits per heavy atom. The highest BCUT2D eigenvalue weighted by Crippen LogP contribution is 2.15. The third kappa shape index (κ3) is 4.04. The number of aromatic carboxylic acids is 1. The number of pyridine rings is 1. The summed E-state index contributed by atoms with van der Waals surface area (Å²) in [5.41, 5.74) is 2.12. The normalized spacial score (nSPS) is 9.95. The summed E-state index contributed by atoms with van der Waals surface area (Å²) >= 11 is 0. The number of amides is 2. The summed E-state index contributed by atoms with van der Waals surface area (Å²) in [4.78, 5) is 26.7. The molecule has 1 heterocycles. The van der Waals surface area contributed by atoms with Crippen molar-refractivity contribution in [1.82, 2.24) is 10.3 Å². The van der Waals surface area contributed by atoms with Crippen molar-refractivity contribution in [3.05, 3.63) is 59.4 Å². The second-order valence-electron chi connectivity index (χ2n) is 4.50. The minimum atomic E-state index is -1.02. The highest BCUT2D eigenvalue weighted by molar-refractivity contribution is 5.94. The molecule has 0 fully saturated rings. The van der Waals surface area contributed by atoms with Crippen LogP contribution in [0.2, 0.25) is 0 Å². The van der Waals surface area contributed by atoms with Crippen molar-refractivity contribution in [2.24, 2.45) is 0 Å². The smallest absolute Gasteiger partial charge is 0.336 e. The number of carboxylic acid groups (broad SMARTS) is 1. The van der Waals surface area contributed by atoms with Gasteiger partial charge >= 0.3 is 12.0 Å². The lowest BCUT2D eigenvalue weighted by atomic mass is 10.1. The number of benzene rings is 1. The number of aryl methyl sites for hydroxylation is 1. The number of carbonyl (C=O) groups is 2. The van der Waals surface area contributed by atoms with Crippen LogP contribution in [0.25, 0.3) is 0 Å². The predicted octanol–water partition coefficient (Wildman–Crippen LogP) is 2.41. The lowest BCUT2D eigenvalue weighted by Crippen LogP contribution is -2.28. The van der Waals surface area contributed by atoms with Crippen LogP contribution in [0.15, 0.2) is 42.7 Å². The van der Waals surface area contributed by atoms with E-state index >= 15 is 0 Å². The van der Waals surface area contributed by atoms with Crippen molar-refractivity contribution in [2.45, 2.75) is 13.5 Å².